The van der Waals surface area contributed by atoms with Crippen molar-refractivity contribution in [1.82, 2.24) is 0 Å². The summed E-state index contributed by atoms with van der Waals surface area (Å²) in [6, 6.07) is 14.8. The minimum Gasteiger partial charge on any atom is -0.497 e. The van der Waals surface area contributed by atoms with E-state index in [1.165, 1.54) is 11.1 Å². The molecule has 0 aliphatic heterocycles. The first-order valence-electron chi connectivity index (χ1n) is 6.88. The van der Waals surface area contributed by atoms with E-state index in [1.807, 2.05) is 18.2 Å². The third-order valence-corrected chi connectivity index (χ3v) is 3.87. The van der Waals surface area contributed by atoms with Crippen LogP contribution in [0.2, 0.25) is 0 Å². The van der Waals surface area contributed by atoms with Crippen LogP contribution in [0.5, 0.6) is 11.5 Å². The van der Waals surface area contributed by atoms with Crippen molar-refractivity contribution in [3.8, 4) is 11.5 Å². The number of hydrogen-bond acceptors (Lipinski definition) is 3. The minimum atomic E-state index is 0.355. The summed E-state index contributed by atoms with van der Waals surface area (Å²) in [5, 5.41) is 3.59. The fourth-order valence-corrected chi connectivity index (χ4v) is 2.81. The van der Waals surface area contributed by atoms with Crippen molar-refractivity contribution >= 4 is 5.69 Å². The Morgan fingerprint density at radius 3 is 2.70 bits per heavy atom. The SMILES string of the molecule is COc1ccc(NC2CCc3ccccc32)c(OC)c1. The van der Waals surface area contributed by atoms with Gasteiger partial charge >= 0.3 is 0 Å². The van der Waals surface area contributed by atoms with Crippen LogP contribution in [0.1, 0.15) is 23.6 Å². The van der Waals surface area contributed by atoms with Gasteiger partial charge in [-0.05, 0) is 36.1 Å². The summed E-state index contributed by atoms with van der Waals surface area (Å²) >= 11 is 0. The number of aryl methyl sites for hydroxylation is 1. The van der Waals surface area contributed by atoms with Crippen LogP contribution in [0.15, 0.2) is 42.5 Å². The second kappa shape index (κ2) is 5.45. The first-order chi connectivity index (χ1) is 9.81. The highest BCUT2D eigenvalue weighted by Crippen LogP contribution is 2.37. The van der Waals surface area contributed by atoms with Gasteiger partial charge in [0.05, 0.1) is 25.9 Å². The predicted octanol–water partition coefficient (Wildman–Crippen LogP) is 3.80. The zero-order valence-corrected chi connectivity index (χ0v) is 11.8. The second-order valence-corrected chi connectivity index (χ2v) is 5.00. The topological polar surface area (TPSA) is 30.5 Å². The number of hydrogen-bond donors (Lipinski definition) is 1. The molecule has 1 unspecified atom stereocenters. The van der Waals surface area contributed by atoms with Gasteiger partial charge in [0.15, 0.2) is 0 Å². The van der Waals surface area contributed by atoms with E-state index in [0.29, 0.717) is 6.04 Å². The highest BCUT2D eigenvalue weighted by atomic mass is 16.5. The van der Waals surface area contributed by atoms with Gasteiger partial charge in [-0.1, -0.05) is 24.3 Å². The van der Waals surface area contributed by atoms with Crippen LogP contribution in [0, 0.1) is 0 Å². The molecule has 0 saturated carbocycles. The summed E-state index contributed by atoms with van der Waals surface area (Å²) < 4.78 is 10.7. The largest absolute Gasteiger partial charge is 0.497 e. The second-order valence-electron chi connectivity index (χ2n) is 5.00. The van der Waals surface area contributed by atoms with E-state index >= 15 is 0 Å². The van der Waals surface area contributed by atoms with E-state index in [2.05, 4.69) is 29.6 Å². The van der Waals surface area contributed by atoms with Gasteiger partial charge in [-0.2, -0.15) is 0 Å². The maximum absolute atomic E-state index is 5.44. The van der Waals surface area contributed by atoms with E-state index in [0.717, 1.165) is 30.0 Å². The Bertz CT molecular complexity index is 610. The zero-order valence-electron chi connectivity index (χ0n) is 11.8. The number of ether oxygens (including phenoxy) is 2. The summed E-state index contributed by atoms with van der Waals surface area (Å²) in [4.78, 5) is 0. The molecule has 0 aromatic heterocycles. The molecule has 0 spiro atoms. The molecule has 3 rings (SSSR count). The molecule has 0 amide bonds. The normalized spacial score (nSPS) is 16.6. The van der Waals surface area contributed by atoms with Crippen LogP contribution in [0.25, 0.3) is 0 Å². The standard InChI is InChI=1S/C17H19NO2/c1-19-13-8-10-16(17(11-13)20-2)18-15-9-7-12-5-3-4-6-14(12)15/h3-6,8,10-11,15,18H,7,9H2,1-2H3. The Labute approximate surface area is 119 Å². The van der Waals surface area contributed by atoms with Crippen LogP contribution in [-0.2, 0) is 6.42 Å². The van der Waals surface area contributed by atoms with E-state index in [4.69, 9.17) is 9.47 Å². The number of benzene rings is 2. The number of nitrogens with one attached hydrogen (secondary N) is 1. The molecule has 0 radical (unpaired) electrons. The highest BCUT2D eigenvalue weighted by molar-refractivity contribution is 5.60. The number of anilines is 1. The average molecular weight is 269 g/mol. The van der Waals surface area contributed by atoms with Crippen LogP contribution >= 0.6 is 0 Å². The molecule has 1 atom stereocenters. The monoisotopic (exact) mass is 269 g/mol. The van der Waals surface area contributed by atoms with E-state index in [-0.39, 0.29) is 0 Å². The first-order valence-corrected chi connectivity index (χ1v) is 6.88. The molecule has 3 heteroatoms. The predicted molar refractivity (Wildman–Crippen MR) is 80.7 cm³/mol. The van der Waals surface area contributed by atoms with Crippen LogP contribution in [0.4, 0.5) is 5.69 Å². The van der Waals surface area contributed by atoms with Gasteiger partial charge in [0.1, 0.15) is 11.5 Å². The van der Waals surface area contributed by atoms with Gasteiger partial charge in [-0.3, -0.25) is 0 Å². The highest BCUT2D eigenvalue weighted by Gasteiger charge is 2.22. The molecule has 0 bridgehead atoms. The van der Waals surface area contributed by atoms with Crippen molar-refractivity contribution in [3.05, 3.63) is 53.6 Å². The van der Waals surface area contributed by atoms with Gasteiger partial charge < -0.3 is 14.8 Å². The third kappa shape index (κ3) is 2.31. The molecular weight excluding hydrogens is 250 g/mol. The van der Waals surface area contributed by atoms with Gasteiger partial charge in [0, 0.05) is 6.07 Å². The molecule has 2 aromatic rings. The molecule has 1 N–H and O–H groups in total. The lowest BCUT2D eigenvalue weighted by Crippen LogP contribution is -2.08. The van der Waals surface area contributed by atoms with Crippen molar-refractivity contribution < 1.29 is 9.47 Å². The van der Waals surface area contributed by atoms with Crippen molar-refractivity contribution in [3.63, 3.8) is 0 Å². The first kappa shape index (κ1) is 12.9. The Hall–Kier alpha value is -2.16. The molecule has 1 aliphatic carbocycles. The quantitative estimate of drug-likeness (QED) is 0.915. The summed E-state index contributed by atoms with van der Waals surface area (Å²) in [6.45, 7) is 0. The molecule has 2 aromatic carbocycles. The molecular formula is C17H19NO2. The van der Waals surface area contributed by atoms with Gasteiger partial charge in [-0.25, -0.2) is 0 Å². The molecule has 3 nitrogen and oxygen atoms in total. The van der Waals surface area contributed by atoms with Crippen LogP contribution < -0.4 is 14.8 Å². The van der Waals surface area contributed by atoms with Crippen molar-refractivity contribution in [2.75, 3.05) is 19.5 Å². The number of methoxy groups -OCH3 is 2. The van der Waals surface area contributed by atoms with Crippen molar-refractivity contribution in [2.24, 2.45) is 0 Å². The Morgan fingerprint density at radius 1 is 1.05 bits per heavy atom. The molecule has 0 saturated heterocycles. The van der Waals surface area contributed by atoms with Gasteiger partial charge in [-0.15, -0.1) is 0 Å². The van der Waals surface area contributed by atoms with E-state index in [9.17, 15) is 0 Å². The third-order valence-electron chi connectivity index (χ3n) is 3.87. The Balaban J connectivity index is 1.86. The lowest BCUT2D eigenvalue weighted by Gasteiger charge is -2.18. The molecule has 104 valence electrons. The smallest absolute Gasteiger partial charge is 0.145 e. The Morgan fingerprint density at radius 2 is 1.90 bits per heavy atom. The maximum atomic E-state index is 5.44. The summed E-state index contributed by atoms with van der Waals surface area (Å²) in [5.74, 6) is 1.62. The fourth-order valence-electron chi connectivity index (χ4n) is 2.81. The fraction of sp³-hybridized carbons (Fsp3) is 0.294. The minimum absolute atomic E-state index is 0.355. The molecule has 0 heterocycles. The van der Waals surface area contributed by atoms with Crippen molar-refractivity contribution in [1.29, 1.82) is 0 Å². The lowest BCUT2D eigenvalue weighted by molar-refractivity contribution is 0.395. The van der Waals surface area contributed by atoms with Crippen molar-refractivity contribution in [2.45, 2.75) is 18.9 Å². The number of fused-ring (bicyclic) bond motifs is 1. The van der Waals surface area contributed by atoms with Crippen LogP contribution in [-0.4, -0.2) is 14.2 Å². The summed E-state index contributed by atoms with van der Waals surface area (Å²) in [7, 11) is 3.34. The summed E-state index contributed by atoms with van der Waals surface area (Å²) in [5.41, 5.74) is 3.85. The van der Waals surface area contributed by atoms with E-state index in [1.54, 1.807) is 14.2 Å². The number of rotatable bonds is 4. The zero-order chi connectivity index (χ0) is 13.9. The van der Waals surface area contributed by atoms with Gasteiger partial charge in [0.2, 0.25) is 0 Å². The lowest BCUT2D eigenvalue weighted by atomic mass is 10.1. The van der Waals surface area contributed by atoms with Gasteiger partial charge in [0.25, 0.3) is 0 Å². The summed E-state index contributed by atoms with van der Waals surface area (Å²) in [6.07, 6.45) is 2.25. The molecule has 20 heavy (non-hydrogen) atoms. The molecule has 1 aliphatic rings. The Kier molecular flexibility index (Phi) is 3.50. The average Bonchev–Trinajstić information content (AvgIpc) is 2.91. The van der Waals surface area contributed by atoms with Crippen LogP contribution in [0.3, 0.4) is 0 Å². The maximum Gasteiger partial charge on any atom is 0.145 e. The van der Waals surface area contributed by atoms with E-state index < -0.39 is 0 Å². The molecule has 0 fully saturated rings.